The number of cyclic esters (lactones) is 2. The number of hydrogen-bond acceptors (Lipinski definition) is 9. The Kier molecular flexibility index (Phi) is 3.69. The van der Waals surface area contributed by atoms with Gasteiger partial charge in [-0.25, -0.2) is 4.79 Å². The van der Waals surface area contributed by atoms with Gasteiger partial charge in [-0.15, -0.1) is 0 Å². The highest BCUT2D eigenvalue weighted by atomic mass is 16.7. The molecular weight excluding hydrogens is 504 g/mol. The Morgan fingerprint density at radius 3 is 2.62 bits per heavy atom. The van der Waals surface area contributed by atoms with Gasteiger partial charge in [-0.2, -0.15) is 0 Å². The van der Waals surface area contributed by atoms with Crippen LogP contribution < -0.4 is 0 Å². The molecule has 5 bridgehead atoms. The number of rotatable bonds is 1. The van der Waals surface area contributed by atoms with E-state index in [9.17, 15) is 19.5 Å². The number of allylic oxidation sites excluding steroid dienone is 3. The summed E-state index contributed by atoms with van der Waals surface area (Å²) in [5.74, 6) is -2.05. The predicted molar refractivity (Wildman–Crippen MR) is 129 cm³/mol. The van der Waals surface area contributed by atoms with Crippen LogP contribution in [0.25, 0.3) is 0 Å². The van der Waals surface area contributed by atoms with Gasteiger partial charge in [0, 0.05) is 16.9 Å². The Bertz CT molecular complexity index is 1440. The lowest BCUT2D eigenvalue weighted by molar-refractivity contribution is -0.283. The van der Waals surface area contributed by atoms with Crippen molar-refractivity contribution in [1.29, 1.82) is 0 Å². The molecule has 1 aromatic rings. The summed E-state index contributed by atoms with van der Waals surface area (Å²) in [4.78, 5) is 41.1. The zero-order valence-electron chi connectivity index (χ0n) is 21.9. The smallest absolute Gasteiger partial charge is 0.339 e. The van der Waals surface area contributed by atoms with E-state index in [1.54, 1.807) is 18.6 Å². The van der Waals surface area contributed by atoms with E-state index in [0.717, 1.165) is 5.56 Å². The van der Waals surface area contributed by atoms with Crippen LogP contribution in [-0.4, -0.2) is 58.9 Å². The first-order valence-corrected chi connectivity index (χ1v) is 13.9. The molecule has 0 amide bonds. The van der Waals surface area contributed by atoms with Gasteiger partial charge in [0.15, 0.2) is 11.9 Å². The predicted octanol–water partition coefficient (Wildman–Crippen LogP) is 2.44. The molecule has 6 fully saturated rings. The lowest BCUT2D eigenvalue weighted by Crippen LogP contribution is -2.82. The third-order valence-corrected chi connectivity index (χ3v) is 12.4. The summed E-state index contributed by atoms with van der Waals surface area (Å²) >= 11 is 0. The van der Waals surface area contributed by atoms with Gasteiger partial charge in [0.1, 0.15) is 24.4 Å². The molecule has 0 radical (unpaired) electrons. The average Bonchev–Trinajstić information content (AvgIpc) is 3.42. The molecule has 12 atom stereocenters. The zero-order valence-corrected chi connectivity index (χ0v) is 21.9. The molecule has 1 N–H and O–H groups in total. The minimum absolute atomic E-state index is 0.0132. The maximum atomic E-state index is 14.9. The molecule has 5 aliphatic carbocycles. The van der Waals surface area contributed by atoms with Crippen molar-refractivity contribution in [3.8, 4) is 0 Å². The number of aliphatic hydroxyl groups is 1. The Labute approximate surface area is 224 Å². The fourth-order valence-electron chi connectivity index (χ4n) is 11.5. The van der Waals surface area contributed by atoms with Gasteiger partial charge in [0.25, 0.3) is 0 Å². The van der Waals surface area contributed by atoms with Crippen molar-refractivity contribution >= 4 is 17.7 Å². The lowest BCUT2D eigenvalue weighted by Gasteiger charge is -2.72. The number of ketones is 1. The van der Waals surface area contributed by atoms with E-state index in [1.807, 2.05) is 26.0 Å². The van der Waals surface area contributed by atoms with E-state index >= 15 is 0 Å². The van der Waals surface area contributed by atoms with Crippen LogP contribution in [0.15, 0.2) is 47.3 Å². The molecule has 9 heteroatoms. The van der Waals surface area contributed by atoms with Crippen molar-refractivity contribution in [3.63, 3.8) is 0 Å². The monoisotopic (exact) mass is 534 g/mol. The first-order valence-electron chi connectivity index (χ1n) is 13.9. The number of epoxide rings is 1. The van der Waals surface area contributed by atoms with Crippen LogP contribution >= 0.6 is 0 Å². The van der Waals surface area contributed by atoms with E-state index in [4.69, 9.17) is 23.4 Å². The van der Waals surface area contributed by atoms with Gasteiger partial charge < -0.3 is 28.5 Å². The Hall–Kier alpha value is -2.75. The molecule has 2 saturated carbocycles. The molecule has 4 saturated heterocycles. The van der Waals surface area contributed by atoms with E-state index in [2.05, 4.69) is 19.1 Å². The molecule has 5 heterocycles. The molecule has 204 valence electrons. The summed E-state index contributed by atoms with van der Waals surface area (Å²) in [6.07, 6.45) is 8.40. The maximum Gasteiger partial charge on any atom is 0.339 e. The third kappa shape index (κ3) is 1.93. The van der Waals surface area contributed by atoms with Gasteiger partial charge in [0.2, 0.25) is 0 Å². The summed E-state index contributed by atoms with van der Waals surface area (Å²) in [7, 11) is 0. The van der Waals surface area contributed by atoms with E-state index in [0.29, 0.717) is 6.42 Å². The molecule has 39 heavy (non-hydrogen) atoms. The van der Waals surface area contributed by atoms with E-state index < -0.39 is 63.2 Å². The molecule has 9 aliphatic rings. The molecule has 1 aromatic heterocycles. The third-order valence-electron chi connectivity index (χ3n) is 12.4. The Balaban J connectivity index is 1.38. The second-order valence-corrected chi connectivity index (χ2v) is 13.7. The van der Waals surface area contributed by atoms with Crippen LogP contribution in [0, 0.1) is 39.4 Å². The normalized spacial score (nSPS) is 56.5. The summed E-state index contributed by atoms with van der Waals surface area (Å²) in [5.41, 5.74) is -5.57. The first kappa shape index (κ1) is 23.0. The van der Waals surface area contributed by atoms with E-state index in [1.165, 1.54) is 0 Å². The lowest BCUT2D eigenvalue weighted by atomic mass is 9.29. The van der Waals surface area contributed by atoms with Gasteiger partial charge in [-0.05, 0) is 38.2 Å². The van der Waals surface area contributed by atoms with Gasteiger partial charge in [0.05, 0.1) is 46.9 Å². The highest BCUT2D eigenvalue weighted by Crippen LogP contribution is 2.86. The average molecular weight is 535 g/mol. The molecule has 4 spiro atoms. The Morgan fingerprint density at radius 1 is 1.03 bits per heavy atom. The maximum absolute atomic E-state index is 14.9. The van der Waals surface area contributed by atoms with Crippen LogP contribution in [0.4, 0.5) is 0 Å². The minimum Gasteiger partial charge on any atom is -0.472 e. The SMILES string of the molecule is CC1(C)O[C@H]2CC(=O)OC[C@]23[C@H]2[C@H]4C=C[C@H]5C=C[C@@]13C(=O)[C@@H](O)[C@]52[C@@]12O[C@@H]1C(=O)O[C@@H](c1ccoc1)[C@]2(C)C4. The summed E-state index contributed by atoms with van der Waals surface area (Å²) in [6.45, 7) is 5.84. The number of fused-ring (bicyclic) bond motifs is 1. The van der Waals surface area contributed by atoms with Gasteiger partial charge in [-0.3, -0.25) is 9.59 Å². The summed E-state index contributed by atoms with van der Waals surface area (Å²) in [5, 5.41) is 12.5. The number of carbonyl (C=O) groups is 3. The van der Waals surface area contributed by atoms with Gasteiger partial charge in [-0.1, -0.05) is 31.2 Å². The highest BCUT2D eigenvalue weighted by Gasteiger charge is 2.96. The first-order chi connectivity index (χ1) is 18.5. The number of carbonyl (C=O) groups excluding carboxylic acids is 3. The molecule has 9 nitrogen and oxygen atoms in total. The zero-order chi connectivity index (χ0) is 27.0. The molecule has 10 rings (SSSR count). The number of hydrogen-bond donors (Lipinski definition) is 1. The largest absolute Gasteiger partial charge is 0.472 e. The van der Waals surface area contributed by atoms with Crippen LogP contribution in [-0.2, 0) is 33.3 Å². The van der Waals surface area contributed by atoms with E-state index in [-0.39, 0.29) is 42.5 Å². The van der Waals surface area contributed by atoms with Crippen molar-refractivity contribution < 1.29 is 42.9 Å². The summed E-state index contributed by atoms with van der Waals surface area (Å²) in [6, 6.07) is 1.79. The van der Waals surface area contributed by atoms with Crippen molar-refractivity contribution in [2.24, 2.45) is 39.4 Å². The highest BCUT2D eigenvalue weighted by molar-refractivity contribution is 5.98. The quantitative estimate of drug-likeness (QED) is 0.329. The van der Waals surface area contributed by atoms with Crippen molar-refractivity contribution in [2.45, 2.75) is 69.2 Å². The van der Waals surface area contributed by atoms with Crippen LogP contribution in [0.2, 0.25) is 0 Å². The number of ether oxygens (including phenoxy) is 4. The van der Waals surface area contributed by atoms with Crippen molar-refractivity contribution in [1.82, 2.24) is 0 Å². The second-order valence-electron chi connectivity index (χ2n) is 13.7. The topological polar surface area (TPSA) is 125 Å². The molecule has 0 unspecified atom stereocenters. The number of furan rings is 1. The van der Waals surface area contributed by atoms with Crippen LogP contribution in [0.5, 0.6) is 0 Å². The number of aliphatic hydroxyl groups excluding tert-OH is 1. The fraction of sp³-hybridized carbons (Fsp3) is 0.633. The Morgan fingerprint density at radius 2 is 1.85 bits per heavy atom. The van der Waals surface area contributed by atoms with Crippen LogP contribution in [0.1, 0.15) is 45.3 Å². The van der Waals surface area contributed by atoms with Crippen molar-refractivity contribution in [2.75, 3.05) is 6.61 Å². The van der Waals surface area contributed by atoms with Crippen molar-refractivity contribution in [3.05, 3.63) is 48.5 Å². The minimum atomic E-state index is -1.43. The van der Waals surface area contributed by atoms with Gasteiger partial charge >= 0.3 is 11.9 Å². The molecule has 4 aliphatic heterocycles. The number of Topliss-reactive ketones (excluding diaryl/α,β-unsaturated/α-hetero) is 1. The number of esters is 2. The second kappa shape index (κ2) is 6.26. The van der Waals surface area contributed by atoms with Crippen LogP contribution in [0.3, 0.4) is 0 Å². The molecular formula is C30H30O9. The summed E-state index contributed by atoms with van der Waals surface area (Å²) < 4.78 is 30.5. The molecule has 0 aromatic carbocycles. The fourth-order valence-corrected chi connectivity index (χ4v) is 11.5. The standard InChI is InChI=1S/C30H30O9/c1-25(2)28-8-6-16-5-4-14-11-26(3)22(15-7-9-35-12-15)37-24(34)23-30(26,39-23)29(16,21(33)20(28)32)19(14)27(28)13-36-18(31)10-17(27)38-25/h4-9,12,14,16-17,19,21-23,33H,10-11,13H2,1-3H3/t14-,16-,17-,19+,21+,22-,23+,26-,27+,28+,29-,30+/m0/s1.